The van der Waals surface area contributed by atoms with Crippen molar-refractivity contribution in [2.24, 2.45) is 0 Å². The molecule has 4 aliphatic rings. The lowest BCUT2D eigenvalue weighted by atomic mass is 9.33. The Labute approximate surface area is 228 Å². The van der Waals surface area contributed by atoms with E-state index in [9.17, 15) is 0 Å². The average Bonchev–Trinajstić information content (AvgIpc) is 2.92. The van der Waals surface area contributed by atoms with Crippen LogP contribution >= 0.6 is 47.0 Å². The van der Waals surface area contributed by atoms with Crippen LogP contribution in [0.4, 0.5) is 0 Å². The van der Waals surface area contributed by atoms with Gasteiger partial charge in [0.1, 0.15) is 0 Å². The Balaban J connectivity index is 1.36. The van der Waals surface area contributed by atoms with Gasteiger partial charge in [-0.05, 0) is 58.9 Å². The Hall–Kier alpha value is -2.37. The Bertz CT molecular complexity index is 1770. The summed E-state index contributed by atoms with van der Waals surface area (Å²) in [5.74, 6) is 0. The van der Waals surface area contributed by atoms with E-state index in [0.29, 0.717) is 6.71 Å². The summed E-state index contributed by atoms with van der Waals surface area (Å²) in [6.07, 6.45) is 0. The van der Waals surface area contributed by atoms with Gasteiger partial charge >= 0.3 is 0 Å². The summed E-state index contributed by atoms with van der Waals surface area (Å²) in [7, 11) is 0. The maximum atomic E-state index is 2.43. The van der Waals surface area contributed by atoms with Crippen molar-refractivity contribution >= 4 is 93.2 Å². The van der Waals surface area contributed by atoms with Gasteiger partial charge in [-0.25, -0.2) is 0 Å². The molecule has 0 saturated carbocycles. The number of hydrogen-bond acceptors (Lipinski definition) is 4. The van der Waals surface area contributed by atoms with E-state index < -0.39 is 0 Å². The Morgan fingerprint density at radius 3 is 1.47 bits per heavy atom. The maximum absolute atomic E-state index is 2.43. The monoisotopic (exact) mass is 526 g/mol. The lowest BCUT2D eigenvalue weighted by Gasteiger charge is -2.38. The molecular weight excluding hydrogens is 510 g/mol. The normalized spacial score (nSPS) is 15.2. The van der Waals surface area contributed by atoms with Gasteiger partial charge in [0.25, 0.3) is 0 Å². The molecule has 0 amide bonds. The van der Waals surface area contributed by atoms with Gasteiger partial charge in [0.05, 0.1) is 0 Å². The highest BCUT2D eigenvalue weighted by molar-refractivity contribution is 8.02. The smallest absolute Gasteiger partial charge is 0.0916 e. The lowest BCUT2D eigenvalue weighted by molar-refractivity contribution is 1.30. The van der Waals surface area contributed by atoms with Crippen LogP contribution in [0.15, 0.2) is 136 Å². The van der Waals surface area contributed by atoms with Gasteiger partial charge in [-0.15, -0.1) is 0 Å². The molecule has 4 aliphatic heterocycles. The molecule has 0 bridgehead atoms. The second-order valence-electron chi connectivity index (χ2n) is 9.58. The molecule has 0 nitrogen and oxygen atoms in total. The molecule has 5 aromatic carbocycles. The highest BCUT2D eigenvalue weighted by Gasteiger charge is 2.44. The molecule has 0 N–H and O–H groups in total. The van der Waals surface area contributed by atoms with E-state index in [1.54, 1.807) is 0 Å². The van der Waals surface area contributed by atoms with Crippen LogP contribution in [-0.2, 0) is 0 Å². The third-order valence-corrected chi connectivity index (χ3v) is 12.5. The van der Waals surface area contributed by atoms with E-state index in [0.717, 1.165) is 0 Å². The summed E-state index contributed by atoms with van der Waals surface area (Å²) >= 11 is 7.83. The fourth-order valence-corrected chi connectivity index (χ4v) is 11.4. The predicted octanol–water partition coefficient (Wildman–Crippen LogP) is 4.58. The molecule has 166 valence electrons. The van der Waals surface area contributed by atoms with Crippen molar-refractivity contribution in [2.75, 3.05) is 0 Å². The first-order valence-corrected chi connectivity index (χ1v) is 15.4. The third-order valence-electron chi connectivity index (χ3n) is 7.75. The van der Waals surface area contributed by atoms with E-state index >= 15 is 0 Å². The largest absolute Gasteiger partial charge is 0.248 e. The number of fused-ring (bicyclic) bond motifs is 9. The molecule has 5 aromatic rings. The first-order chi connectivity index (χ1) is 17.8. The van der Waals surface area contributed by atoms with Gasteiger partial charge in [-0.1, -0.05) is 118 Å². The van der Waals surface area contributed by atoms with E-state index in [2.05, 4.69) is 97.1 Å². The standard InChI is InChI=1S/C30H16B2S4/c1-3-9-20-17(7-1)31-19-15-16-26-29(30(19)36-25-14-6-11-22(33-20)27(25)31)32-18-8-2-4-10-21(18)34-23-12-5-13-24(35-26)28(23)32/h1-16H. The topological polar surface area (TPSA) is 0 Å². The second kappa shape index (κ2) is 7.58. The summed E-state index contributed by atoms with van der Waals surface area (Å²) < 4.78 is 0. The molecule has 6 heteroatoms. The van der Waals surface area contributed by atoms with Gasteiger partial charge in [0.2, 0.25) is 13.4 Å². The van der Waals surface area contributed by atoms with Crippen LogP contribution in [0, 0.1) is 0 Å². The lowest BCUT2D eigenvalue weighted by Crippen LogP contribution is -2.63. The van der Waals surface area contributed by atoms with Gasteiger partial charge in [0, 0.05) is 39.2 Å². The molecule has 0 spiro atoms. The van der Waals surface area contributed by atoms with Gasteiger partial charge in [0.15, 0.2) is 0 Å². The van der Waals surface area contributed by atoms with Crippen LogP contribution < -0.4 is 32.8 Å². The molecule has 0 fully saturated rings. The van der Waals surface area contributed by atoms with E-state index in [4.69, 9.17) is 0 Å². The Kier molecular flexibility index (Phi) is 4.35. The van der Waals surface area contributed by atoms with Crippen LogP contribution in [0.25, 0.3) is 0 Å². The quantitative estimate of drug-likeness (QED) is 0.266. The van der Waals surface area contributed by atoms with E-state index in [-0.39, 0.29) is 6.71 Å². The molecule has 0 saturated heterocycles. The summed E-state index contributed by atoms with van der Waals surface area (Å²) in [6.45, 7) is 0.579. The second-order valence-corrected chi connectivity index (χ2v) is 13.9. The van der Waals surface area contributed by atoms with Crippen molar-refractivity contribution in [2.45, 2.75) is 39.2 Å². The van der Waals surface area contributed by atoms with E-state index in [1.807, 2.05) is 47.0 Å². The van der Waals surface area contributed by atoms with Crippen LogP contribution in [-0.4, -0.2) is 13.4 Å². The van der Waals surface area contributed by atoms with Crippen LogP contribution in [0.2, 0.25) is 0 Å². The van der Waals surface area contributed by atoms with Crippen LogP contribution in [0.1, 0.15) is 0 Å². The zero-order valence-electron chi connectivity index (χ0n) is 19.0. The SMILES string of the molecule is c1ccc2c(c1)Sc1cccc3c1B2c1ccc2c(c1S3)B1c3ccccc3Sc3cccc(c31)S2. The van der Waals surface area contributed by atoms with Crippen molar-refractivity contribution < 1.29 is 0 Å². The van der Waals surface area contributed by atoms with Crippen molar-refractivity contribution in [1.82, 2.24) is 0 Å². The molecule has 0 aliphatic carbocycles. The summed E-state index contributed by atoms with van der Waals surface area (Å²) in [5.41, 5.74) is 8.91. The van der Waals surface area contributed by atoms with Gasteiger partial charge in [-0.2, -0.15) is 0 Å². The van der Waals surface area contributed by atoms with Crippen LogP contribution in [0.5, 0.6) is 0 Å². The number of benzene rings is 5. The van der Waals surface area contributed by atoms with Crippen molar-refractivity contribution in [3.63, 3.8) is 0 Å². The summed E-state index contributed by atoms with van der Waals surface area (Å²) in [5, 5.41) is 0. The fraction of sp³-hybridized carbons (Fsp3) is 0. The molecule has 9 rings (SSSR count). The minimum absolute atomic E-state index is 0.283. The summed E-state index contributed by atoms with van der Waals surface area (Å²) in [6, 6.07) is 36.7. The highest BCUT2D eigenvalue weighted by atomic mass is 32.2. The molecule has 0 radical (unpaired) electrons. The fourth-order valence-electron chi connectivity index (χ4n) is 6.30. The summed E-state index contributed by atoms with van der Waals surface area (Å²) in [4.78, 5) is 11.3. The predicted molar refractivity (Wildman–Crippen MR) is 158 cm³/mol. The Morgan fingerprint density at radius 2 is 0.806 bits per heavy atom. The zero-order valence-corrected chi connectivity index (χ0v) is 22.3. The molecule has 0 unspecified atom stereocenters. The minimum Gasteiger partial charge on any atom is -0.0916 e. The molecular formula is C30H16B2S4. The first-order valence-electron chi connectivity index (χ1n) is 12.2. The third kappa shape index (κ3) is 2.71. The highest BCUT2D eigenvalue weighted by Crippen LogP contribution is 2.42. The van der Waals surface area contributed by atoms with Crippen LogP contribution in [0.3, 0.4) is 0 Å². The van der Waals surface area contributed by atoms with Crippen molar-refractivity contribution in [1.29, 1.82) is 0 Å². The van der Waals surface area contributed by atoms with Gasteiger partial charge < -0.3 is 0 Å². The number of hydrogen-bond donors (Lipinski definition) is 0. The minimum atomic E-state index is 0.283. The molecule has 0 atom stereocenters. The maximum Gasteiger partial charge on any atom is 0.248 e. The first kappa shape index (κ1) is 20.7. The van der Waals surface area contributed by atoms with Gasteiger partial charge in [-0.3, -0.25) is 0 Å². The molecule has 4 heterocycles. The zero-order chi connectivity index (χ0) is 23.4. The molecule has 0 aromatic heterocycles. The number of rotatable bonds is 0. The Morgan fingerprint density at radius 1 is 0.333 bits per heavy atom. The van der Waals surface area contributed by atoms with Crippen molar-refractivity contribution in [3.05, 3.63) is 97.1 Å². The van der Waals surface area contributed by atoms with Crippen molar-refractivity contribution in [3.8, 4) is 0 Å². The van der Waals surface area contributed by atoms with E-state index in [1.165, 1.54) is 71.9 Å². The molecule has 36 heavy (non-hydrogen) atoms. The average molecular weight is 526 g/mol.